The zero-order valence-electron chi connectivity index (χ0n) is 18.0. The van der Waals surface area contributed by atoms with Gasteiger partial charge in [0.05, 0.1) is 24.4 Å². The molecule has 0 aliphatic carbocycles. The van der Waals surface area contributed by atoms with Gasteiger partial charge < -0.3 is 10.4 Å². The second-order valence-corrected chi connectivity index (χ2v) is 7.79. The van der Waals surface area contributed by atoms with Crippen LogP contribution in [0, 0.1) is 5.82 Å². The molecule has 0 saturated carbocycles. The van der Waals surface area contributed by atoms with Crippen molar-refractivity contribution in [2.75, 3.05) is 6.61 Å². The van der Waals surface area contributed by atoms with Gasteiger partial charge in [0.2, 0.25) is 0 Å². The van der Waals surface area contributed by atoms with Crippen molar-refractivity contribution in [1.29, 1.82) is 0 Å². The minimum Gasteiger partial charge on any atom is -0.394 e. The normalized spacial score (nSPS) is 12.6. The van der Waals surface area contributed by atoms with Crippen molar-refractivity contribution in [1.82, 2.24) is 15.1 Å². The van der Waals surface area contributed by atoms with Crippen LogP contribution < -0.4 is 5.32 Å². The van der Waals surface area contributed by atoms with Gasteiger partial charge in [0, 0.05) is 22.7 Å². The molecular formula is C22H16ClF7N4O2. The number of hydrogen-bond acceptors (Lipinski definition) is 4. The fourth-order valence-corrected chi connectivity index (χ4v) is 3.30. The number of nitrogens with zero attached hydrogens (tertiary/aromatic N) is 3. The Kier molecular flexibility index (Phi) is 8.04. The minimum atomic E-state index is -4.80. The van der Waals surface area contributed by atoms with E-state index in [9.17, 15) is 40.6 Å². The summed E-state index contributed by atoms with van der Waals surface area (Å²) in [4.78, 5) is 16.8. The molecule has 0 saturated heterocycles. The van der Waals surface area contributed by atoms with Crippen LogP contribution in [-0.4, -0.2) is 33.2 Å². The highest BCUT2D eigenvalue weighted by Gasteiger charge is 2.35. The number of halogens is 8. The molecule has 1 amide bonds. The number of alkyl halides is 6. The third kappa shape index (κ3) is 7.04. The van der Waals surface area contributed by atoms with Gasteiger partial charge in [-0.1, -0.05) is 11.6 Å². The lowest BCUT2D eigenvalue weighted by molar-refractivity contribution is -0.141. The summed E-state index contributed by atoms with van der Waals surface area (Å²) in [5.74, 6) is -1.98. The number of aromatic nitrogens is 2. The van der Waals surface area contributed by atoms with Crippen LogP contribution in [0.2, 0.25) is 5.02 Å². The third-order valence-electron chi connectivity index (χ3n) is 4.66. The summed E-state index contributed by atoms with van der Waals surface area (Å²) in [6, 6.07) is 7.03. The number of aliphatic hydroxyl groups is 1. The van der Waals surface area contributed by atoms with Gasteiger partial charge in [0.15, 0.2) is 5.69 Å². The first-order valence-corrected chi connectivity index (χ1v) is 10.4. The molecule has 2 N–H and O–H groups in total. The molecule has 3 aromatic rings. The number of carbonyl (C=O) groups is 1. The zero-order chi connectivity index (χ0) is 26.7. The van der Waals surface area contributed by atoms with Gasteiger partial charge in [-0.3, -0.25) is 9.48 Å². The van der Waals surface area contributed by atoms with Gasteiger partial charge >= 0.3 is 12.4 Å². The number of amidine groups is 1. The highest BCUT2D eigenvalue weighted by atomic mass is 35.5. The second-order valence-electron chi connectivity index (χ2n) is 7.36. The van der Waals surface area contributed by atoms with Gasteiger partial charge in [-0.25, -0.2) is 9.38 Å². The molecule has 36 heavy (non-hydrogen) atoms. The standard InChI is InChI=1S/C22H16ClF7N4O2/c23-14-7-15(24)9-16(8-14)31-19(11-17-10-18(22(28,29)30)33-34(17)5-6-35)32-20(36)12-1-3-13(4-2-12)21(25,26)27/h1-4,7-10,35H,5-6,11H2,(H,31,32,36). The molecule has 192 valence electrons. The van der Waals surface area contributed by atoms with E-state index in [1.54, 1.807) is 0 Å². The number of hydrogen-bond donors (Lipinski definition) is 2. The smallest absolute Gasteiger partial charge is 0.394 e. The van der Waals surface area contributed by atoms with Crippen molar-refractivity contribution in [3.63, 3.8) is 0 Å². The number of aliphatic imine (C=N–C) groups is 1. The first-order valence-electron chi connectivity index (χ1n) is 10.0. The summed E-state index contributed by atoms with van der Waals surface area (Å²) in [6.07, 6.45) is -9.89. The summed E-state index contributed by atoms with van der Waals surface area (Å²) in [5, 5.41) is 14.9. The summed E-state index contributed by atoms with van der Waals surface area (Å²) < 4.78 is 92.5. The Morgan fingerprint density at radius 3 is 2.25 bits per heavy atom. The van der Waals surface area contributed by atoms with Crippen molar-refractivity contribution in [2.24, 2.45) is 4.99 Å². The largest absolute Gasteiger partial charge is 0.435 e. The molecule has 0 atom stereocenters. The van der Waals surface area contributed by atoms with Crippen molar-refractivity contribution >= 4 is 29.0 Å². The van der Waals surface area contributed by atoms with Gasteiger partial charge in [-0.05, 0) is 48.5 Å². The highest BCUT2D eigenvalue weighted by molar-refractivity contribution is 6.30. The Balaban J connectivity index is 1.98. The topological polar surface area (TPSA) is 79.5 Å². The van der Waals surface area contributed by atoms with E-state index in [0.29, 0.717) is 18.2 Å². The van der Waals surface area contributed by atoms with E-state index < -0.39 is 48.4 Å². The van der Waals surface area contributed by atoms with E-state index in [1.807, 2.05) is 0 Å². The van der Waals surface area contributed by atoms with E-state index in [2.05, 4.69) is 15.4 Å². The Morgan fingerprint density at radius 1 is 1.03 bits per heavy atom. The molecule has 3 rings (SSSR count). The van der Waals surface area contributed by atoms with E-state index in [0.717, 1.165) is 28.9 Å². The van der Waals surface area contributed by atoms with Crippen molar-refractivity contribution in [2.45, 2.75) is 25.3 Å². The molecule has 6 nitrogen and oxygen atoms in total. The SMILES string of the molecule is O=C(NC(Cc1cc(C(F)(F)F)nn1CCO)=Nc1cc(F)cc(Cl)c1)c1ccc(C(F)(F)F)cc1. The number of rotatable bonds is 6. The molecule has 0 radical (unpaired) electrons. The molecule has 0 aliphatic rings. The first-order chi connectivity index (χ1) is 16.8. The Hall–Kier alpha value is -3.45. The maximum absolute atomic E-state index is 13.8. The average molecular weight is 537 g/mol. The second kappa shape index (κ2) is 10.7. The zero-order valence-corrected chi connectivity index (χ0v) is 18.7. The number of benzene rings is 2. The van der Waals surface area contributed by atoms with Gasteiger partial charge in [-0.2, -0.15) is 31.4 Å². The van der Waals surface area contributed by atoms with Crippen LogP contribution in [0.5, 0.6) is 0 Å². The summed E-state index contributed by atoms with van der Waals surface area (Å²) >= 11 is 5.81. The van der Waals surface area contributed by atoms with Crippen molar-refractivity contribution in [3.05, 3.63) is 81.9 Å². The number of amides is 1. The van der Waals surface area contributed by atoms with E-state index >= 15 is 0 Å². The summed E-state index contributed by atoms with van der Waals surface area (Å²) in [5.41, 5.74) is -2.65. The minimum absolute atomic E-state index is 0.0492. The Labute approximate surface area is 204 Å². The van der Waals surface area contributed by atoms with Crippen LogP contribution in [0.3, 0.4) is 0 Å². The monoisotopic (exact) mass is 536 g/mol. The van der Waals surface area contributed by atoms with Crippen LogP contribution in [0.4, 0.5) is 36.4 Å². The maximum atomic E-state index is 13.8. The molecule has 1 aromatic heterocycles. The molecule has 0 fully saturated rings. The average Bonchev–Trinajstić information content (AvgIpc) is 3.15. The highest BCUT2D eigenvalue weighted by Crippen LogP contribution is 2.30. The fourth-order valence-electron chi connectivity index (χ4n) is 3.08. The van der Waals surface area contributed by atoms with E-state index in [4.69, 9.17) is 11.6 Å². The predicted molar refractivity (Wildman–Crippen MR) is 115 cm³/mol. The molecule has 0 aliphatic heterocycles. The molecule has 1 heterocycles. The van der Waals surface area contributed by atoms with Gasteiger partial charge in [-0.15, -0.1) is 0 Å². The summed E-state index contributed by atoms with van der Waals surface area (Å²) in [6.45, 7) is -0.854. The Bertz CT molecular complexity index is 1250. The van der Waals surface area contributed by atoms with Gasteiger partial charge in [0.25, 0.3) is 5.91 Å². The van der Waals surface area contributed by atoms with Crippen LogP contribution >= 0.6 is 11.6 Å². The number of nitrogens with one attached hydrogen (secondary N) is 1. The van der Waals surface area contributed by atoms with Crippen LogP contribution in [0.15, 0.2) is 53.5 Å². The molecule has 2 aromatic carbocycles. The third-order valence-corrected chi connectivity index (χ3v) is 4.88. The lowest BCUT2D eigenvalue weighted by Crippen LogP contribution is -2.32. The lowest BCUT2D eigenvalue weighted by atomic mass is 10.1. The van der Waals surface area contributed by atoms with Crippen LogP contribution in [0.1, 0.15) is 27.3 Å². The first kappa shape index (κ1) is 27.1. The maximum Gasteiger partial charge on any atom is 0.435 e. The van der Waals surface area contributed by atoms with Crippen molar-refractivity contribution < 1.29 is 40.6 Å². The summed E-state index contributed by atoms with van der Waals surface area (Å²) in [7, 11) is 0. The molecule has 0 unspecified atom stereocenters. The predicted octanol–water partition coefficient (Wildman–Crippen LogP) is 5.41. The molecular weight excluding hydrogens is 521 g/mol. The van der Waals surface area contributed by atoms with Crippen molar-refractivity contribution in [3.8, 4) is 0 Å². The number of carbonyl (C=O) groups excluding carboxylic acids is 1. The van der Waals surface area contributed by atoms with E-state index in [-0.39, 0.29) is 34.3 Å². The molecule has 14 heteroatoms. The lowest BCUT2D eigenvalue weighted by Gasteiger charge is -2.12. The van der Waals surface area contributed by atoms with E-state index in [1.165, 1.54) is 6.07 Å². The van der Waals surface area contributed by atoms with Gasteiger partial charge in [0.1, 0.15) is 11.7 Å². The molecule has 0 bridgehead atoms. The van der Waals surface area contributed by atoms with Crippen LogP contribution in [-0.2, 0) is 25.3 Å². The molecule has 0 spiro atoms. The fraction of sp³-hybridized carbons (Fsp3) is 0.227. The Morgan fingerprint density at radius 2 is 1.69 bits per heavy atom. The number of aliphatic hydroxyl groups excluding tert-OH is 1. The quantitative estimate of drug-likeness (QED) is 0.251. The van der Waals surface area contributed by atoms with Crippen LogP contribution in [0.25, 0.3) is 0 Å².